The summed E-state index contributed by atoms with van der Waals surface area (Å²) in [4.78, 5) is 26.1. The van der Waals surface area contributed by atoms with Crippen molar-refractivity contribution in [1.82, 2.24) is 19.4 Å². The van der Waals surface area contributed by atoms with Gasteiger partial charge in [-0.3, -0.25) is 0 Å². The lowest BCUT2D eigenvalue weighted by molar-refractivity contribution is 0.0218. The average molecular weight is 468 g/mol. The zero-order valence-corrected chi connectivity index (χ0v) is 20.3. The summed E-state index contributed by atoms with van der Waals surface area (Å²) in [7, 11) is 0. The molecule has 2 aliphatic rings. The fourth-order valence-electron chi connectivity index (χ4n) is 4.58. The molecule has 174 valence electrons. The first kappa shape index (κ1) is 22.0. The second-order valence-electron chi connectivity index (χ2n) is 10.1. The quantitative estimate of drug-likeness (QED) is 0.516. The largest absolute Gasteiger partial charge is 0.444 e. The molecule has 3 heterocycles. The molecule has 0 N–H and O–H groups in total. The molecule has 3 aromatic rings. The zero-order valence-electron chi connectivity index (χ0n) is 19.6. The van der Waals surface area contributed by atoms with Gasteiger partial charge >= 0.3 is 6.09 Å². The fourth-order valence-corrected chi connectivity index (χ4v) is 4.77. The van der Waals surface area contributed by atoms with E-state index in [1.807, 2.05) is 45.0 Å². The lowest BCUT2D eigenvalue weighted by atomic mass is 10.1. The highest BCUT2D eigenvalue weighted by Gasteiger charge is 2.34. The van der Waals surface area contributed by atoms with Gasteiger partial charge in [-0.2, -0.15) is 0 Å². The molecule has 1 amide bonds. The number of carbonyl (C=O) groups excluding carboxylic acids is 1. The Balaban J connectivity index is 1.50. The molecule has 33 heavy (non-hydrogen) atoms. The fraction of sp³-hybridized carbons (Fsp3) is 0.480. The van der Waals surface area contributed by atoms with Gasteiger partial charge in [0.1, 0.15) is 23.4 Å². The van der Waals surface area contributed by atoms with E-state index in [9.17, 15) is 4.79 Å². The van der Waals surface area contributed by atoms with E-state index in [0.717, 1.165) is 22.5 Å². The molecule has 0 unspecified atom stereocenters. The van der Waals surface area contributed by atoms with Crippen molar-refractivity contribution in [2.75, 3.05) is 24.5 Å². The first-order valence-electron chi connectivity index (χ1n) is 11.6. The van der Waals surface area contributed by atoms with Crippen LogP contribution in [0.3, 0.4) is 0 Å². The van der Waals surface area contributed by atoms with Gasteiger partial charge in [0.15, 0.2) is 0 Å². The van der Waals surface area contributed by atoms with Crippen LogP contribution in [0.1, 0.15) is 52.0 Å². The minimum atomic E-state index is -0.501. The number of nitrogens with zero attached hydrogens (tertiary/aromatic N) is 5. The molecule has 8 heteroatoms. The predicted molar refractivity (Wildman–Crippen MR) is 130 cm³/mol. The summed E-state index contributed by atoms with van der Waals surface area (Å²) in [5.41, 5.74) is 2.68. The third-order valence-corrected chi connectivity index (χ3v) is 6.48. The number of halogens is 1. The Bertz CT molecular complexity index is 1200. The van der Waals surface area contributed by atoms with E-state index < -0.39 is 5.60 Å². The number of carbonyl (C=O) groups is 1. The highest BCUT2D eigenvalue weighted by molar-refractivity contribution is 6.30. The average Bonchev–Trinajstić information content (AvgIpc) is 3.52. The van der Waals surface area contributed by atoms with Gasteiger partial charge < -0.3 is 19.1 Å². The Morgan fingerprint density at radius 3 is 2.64 bits per heavy atom. The molecule has 7 nitrogen and oxygen atoms in total. The number of anilines is 1. The van der Waals surface area contributed by atoms with Gasteiger partial charge in [0.25, 0.3) is 0 Å². The van der Waals surface area contributed by atoms with Gasteiger partial charge in [0.2, 0.25) is 0 Å². The predicted octanol–water partition coefficient (Wildman–Crippen LogP) is 5.40. The van der Waals surface area contributed by atoms with Gasteiger partial charge in [-0.15, -0.1) is 0 Å². The van der Waals surface area contributed by atoms with Gasteiger partial charge in [0, 0.05) is 42.6 Å². The molecular formula is C25H30ClN5O2. The third kappa shape index (κ3) is 4.38. The van der Waals surface area contributed by atoms with Crippen LogP contribution in [0.4, 0.5) is 10.6 Å². The standard InChI is InChI=1S/C25H30ClN5O2/c1-16-13-29(24(32)33-25(2,3)4)10-11-30(16)22-21-20(17-8-9-17)14-31(23(21)28-15-27-22)19-7-5-6-18(26)12-19/h5-7,12,14-17H,8-11,13H2,1-4H3/t16-/m0/s1. The van der Waals surface area contributed by atoms with Gasteiger partial charge in [0.05, 0.1) is 5.39 Å². The highest BCUT2D eigenvalue weighted by atomic mass is 35.5. The molecule has 5 rings (SSSR count). The Morgan fingerprint density at radius 2 is 1.97 bits per heavy atom. The van der Waals surface area contributed by atoms with Crippen molar-refractivity contribution in [1.29, 1.82) is 0 Å². The van der Waals surface area contributed by atoms with Gasteiger partial charge in [-0.25, -0.2) is 14.8 Å². The topological polar surface area (TPSA) is 63.5 Å². The van der Waals surface area contributed by atoms with Gasteiger partial charge in [-0.1, -0.05) is 17.7 Å². The molecule has 1 aromatic carbocycles. The maximum Gasteiger partial charge on any atom is 0.410 e. The highest BCUT2D eigenvalue weighted by Crippen LogP contribution is 2.46. The smallest absolute Gasteiger partial charge is 0.410 e. The number of piperazine rings is 1. The van der Waals surface area contributed by atoms with Crippen LogP contribution in [0.5, 0.6) is 0 Å². The molecule has 1 saturated heterocycles. The van der Waals surface area contributed by atoms with Crippen molar-refractivity contribution in [3.05, 3.63) is 47.4 Å². The second-order valence-corrected chi connectivity index (χ2v) is 10.5. The van der Waals surface area contributed by atoms with Crippen LogP contribution >= 0.6 is 11.6 Å². The van der Waals surface area contributed by atoms with Crippen LogP contribution in [0.25, 0.3) is 16.7 Å². The molecule has 1 saturated carbocycles. The summed E-state index contributed by atoms with van der Waals surface area (Å²) in [6, 6.07) is 7.95. The minimum Gasteiger partial charge on any atom is -0.444 e. The van der Waals surface area contributed by atoms with E-state index >= 15 is 0 Å². The van der Waals surface area contributed by atoms with E-state index in [4.69, 9.17) is 21.3 Å². The number of aromatic nitrogens is 3. The van der Waals surface area contributed by atoms with Crippen molar-refractivity contribution < 1.29 is 9.53 Å². The summed E-state index contributed by atoms with van der Waals surface area (Å²) in [6.07, 6.45) is 5.96. The Labute approximate surface area is 199 Å². The summed E-state index contributed by atoms with van der Waals surface area (Å²) >= 11 is 6.28. The van der Waals surface area contributed by atoms with E-state index in [1.54, 1.807) is 11.2 Å². The molecule has 1 aliphatic carbocycles. The molecule has 0 radical (unpaired) electrons. The summed E-state index contributed by atoms with van der Waals surface area (Å²) < 4.78 is 7.71. The van der Waals surface area contributed by atoms with Crippen LogP contribution in [0.2, 0.25) is 5.02 Å². The number of hydrogen-bond acceptors (Lipinski definition) is 5. The summed E-state index contributed by atoms with van der Waals surface area (Å²) in [5, 5.41) is 1.81. The van der Waals surface area contributed by atoms with Crippen molar-refractivity contribution in [2.24, 2.45) is 0 Å². The van der Waals surface area contributed by atoms with E-state index in [2.05, 4.69) is 27.6 Å². The molecular weight excluding hydrogens is 438 g/mol. The number of rotatable bonds is 3. The van der Waals surface area contributed by atoms with Gasteiger partial charge in [-0.05, 0) is 70.2 Å². The number of amides is 1. The monoisotopic (exact) mass is 467 g/mol. The molecule has 1 atom stereocenters. The Morgan fingerprint density at radius 1 is 1.18 bits per heavy atom. The van der Waals surface area contributed by atoms with Crippen molar-refractivity contribution in [2.45, 2.75) is 58.1 Å². The van der Waals surface area contributed by atoms with E-state index in [-0.39, 0.29) is 12.1 Å². The molecule has 0 spiro atoms. The van der Waals surface area contributed by atoms with Crippen molar-refractivity contribution >= 4 is 34.5 Å². The van der Waals surface area contributed by atoms with Crippen molar-refractivity contribution in [3.8, 4) is 5.69 Å². The van der Waals surface area contributed by atoms with E-state index in [0.29, 0.717) is 30.6 Å². The Hall–Kier alpha value is -2.80. The van der Waals surface area contributed by atoms with Crippen LogP contribution in [-0.4, -0.2) is 56.8 Å². The maximum atomic E-state index is 12.6. The van der Waals surface area contributed by atoms with Crippen molar-refractivity contribution in [3.63, 3.8) is 0 Å². The summed E-state index contributed by atoms with van der Waals surface area (Å²) in [5.74, 6) is 1.48. The third-order valence-electron chi connectivity index (χ3n) is 6.25. The second kappa shape index (κ2) is 8.20. The van der Waals surface area contributed by atoms with Crippen LogP contribution in [-0.2, 0) is 4.74 Å². The normalized spacial score (nSPS) is 19.2. The number of benzene rings is 1. The minimum absolute atomic E-state index is 0.103. The number of ether oxygens (including phenoxy) is 1. The SMILES string of the molecule is C[C@H]1CN(C(=O)OC(C)(C)C)CCN1c1ncnc2c1c(C1CC1)cn2-c1cccc(Cl)c1. The molecule has 2 aromatic heterocycles. The zero-order chi connectivity index (χ0) is 23.3. The van der Waals surface area contributed by atoms with Crippen LogP contribution in [0.15, 0.2) is 36.8 Å². The lowest BCUT2D eigenvalue weighted by Crippen LogP contribution is -2.54. The summed E-state index contributed by atoms with van der Waals surface area (Å²) in [6.45, 7) is 9.70. The molecule has 0 bridgehead atoms. The van der Waals surface area contributed by atoms with Crippen LogP contribution < -0.4 is 4.90 Å². The molecule has 1 aliphatic heterocycles. The first-order valence-corrected chi connectivity index (χ1v) is 12.0. The van der Waals surface area contributed by atoms with E-state index in [1.165, 1.54) is 18.4 Å². The number of hydrogen-bond donors (Lipinski definition) is 0. The van der Waals surface area contributed by atoms with Crippen LogP contribution in [0, 0.1) is 0 Å². The number of fused-ring (bicyclic) bond motifs is 1. The maximum absolute atomic E-state index is 12.6. The Kier molecular flexibility index (Phi) is 5.47. The molecule has 2 fully saturated rings. The first-order chi connectivity index (χ1) is 15.7. The lowest BCUT2D eigenvalue weighted by Gasteiger charge is -2.41.